The lowest BCUT2D eigenvalue weighted by Crippen LogP contribution is -2.47. The van der Waals surface area contributed by atoms with Gasteiger partial charge in [-0.05, 0) is 42.7 Å². The maximum atomic E-state index is 13.4. The van der Waals surface area contributed by atoms with Crippen molar-refractivity contribution in [3.8, 4) is 17.1 Å². The van der Waals surface area contributed by atoms with Crippen LogP contribution >= 0.6 is 0 Å². The van der Waals surface area contributed by atoms with Crippen molar-refractivity contribution >= 4 is 23.0 Å². The summed E-state index contributed by atoms with van der Waals surface area (Å²) in [4.78, 5) is 42.2. The van der Waals surface area contributed by atoms with Crippen LogP contribution in [-0.4, -0.2) is 31.9 Å². The molecule has 0 amide bonds. The molecular weight excluding hydrogens is 416 g/mol. The molecule has 2 aliphatic rings. The summed E-state index contributed by atoms with van der Waals surface area (Å²) in [6.45, 7) is 3.63. The number of esters is 1. The van der Waals surface area contributed by atoms with Crippen molar-refractivity contribution in [2.45, 2.75) is 45.4 Å². The van der Waals surface area contributed by atoms with E-state index >= 15 is 0 Å². The standard InChI is InChI=1S/C23H20N2O7/c1-3-12-13-7-11(26)5-6-17(13)24-19-14(12)9-25-18(19)8-16-15(20(25)27)10-31-21(28)23(16,4-2)32-22(29)30/h5-8,26H,3-4,9-10H2,1-2H3,(H,29,30)/t23-/m0/s1. The van der Waals surface area contributed by atoms with Gasteiger partial charge in [-0.1, -0.05) is 13.8 Å². The number of ether oxygens (including phenoxy) is 2. The first kappa shape index (κ1) is 20.0. The number of cyclic esters (lactones) is 1. The predicted octanol–water partition coefficient (Wildman–Crippen LogP) is 3.05. The van der Waals surface area contributed by atoms with Gasteiger partial charge in [-0.3, -0.25) is 4.79 Å². The number of aryl methyl sites for hydroxylation is 1. The summed E-state index contributed by atoms with van der Waals surface area (Å²) < 4.78 is 11.8. The molecule has 2 aromatic heterocycles. The second-order valence-corrected chi connectivity index (χ2v) is 7.91. The minimum absolute atomic E-state index is 0.0223. The summed E-state index contributed by atoms with van der Waals surface area (Å²) >= 11 is 0. The molecule has 32 heavy (non-hydrogen) atoms. The Kier molecular flexibility index (Phi) is 4.27. The zero-order valence-corrected chi connectivity index (χ0v) is 17.5. The predicted molar refractivity (Wildman–Crippen MR) is 112 cm³/mol. The van der Waals surface area contributed by atoms with Crippen LogP contribution in [0.15, 0.2) is 29.1 Å². The minimum Gasteiger partial charge on any atom is -0.508 e. The molecule has 0 aliphatic carbocycles. The molecule has 164 valence electrons. The van der Waals surface area contributed by atoms with Crippen molar-refractivity contribution in [3.63, 3.8) is 0 Å². The van der Waals surface area contributed by atoms with Crippen molar-refractivity contribution in [2.75, 3.05) is 0 Å². The molecule has 0 radical (unpaired) electrons. The van der Waals surface area contributed by atoms with Gasteiger partial charge in [-0.25, -0.2) is 14.6 Å². The first-order valence-electron chi connectivity index (χ1n) is 10.3. The lowest BCUT2D eigenvalue weighted by atomic mass is 9.85. The number of aromatic hydroxyl groups is 1. The highest BCUT2D eigenvalue weighted by Gasteiger charge is 2.50. The number of carboxylic acid groups (broad SMARTS) is 1. The molecular formula is C23H20N2O7. The van der Waals surface area contributed by atoms with Crippen LogP contribution in [0.4, 0.5) is 4.79 Å². The van der Waals surface area contributed by atoms with E-state index in [9.17, 15) is 24.6 Å². The molecule has 0 saturated carbocycles. The number of fused-ring (bicyclic) bond motifs is 5. The topological polar surface area (TPSA) is 128 Å². The molecule has 0 fully saturated rings. The number of rotatable bonds is 3. The third-order valence-electron chi connectivity index (χ3n) is 6.37. The van der Waals surface area contributed by atoms with E-state index in [1.807, 2.05) is 6.92 Å². The summed E-state index contributed by atoms with van der Waals surface area (Å²) in [6.07, 6.45) is -0.989. The van der Waals surface area contributed by atoms with Crippen LogP contribution in [0.25, 0.3) is 22.3 Å². The molecule has 9 heteroatoms. The van der Waals surface area contributed by atoms with Crippen LogP contribution in [-0.2, 0) is 39.4 Å². The van der Waals surface area contributed by atoms with Crippen molar-refractivity contribution in [3.05, 3.63) is 56.9 Å². The molecule has 3 aromatic rings. The van der Waals surface area contributed by atoms with E-state index in [4.69, 9.17) is 14.5 Å². The zero-order valence-electron chi connectivity index (χ0n) is 17.5. The largest absolute Gasteiger partial charge is 0.508 e. The molecule has 4 heterocycles. The number of hydrogen-bond acceptors (Lipinski definition) is 7. The molecule has 1 atom stereocenters. The van der Waals surface area contributed by atoms with E-state index in [1.165, 1.54) is 0 Å². The number of carbonyl (C=O) groups is 2. The fourth-order valence-corrected chi connectivity index (χ4v) is 4.86. The number of nitrogens with zero attached hydrogens (tertiary/aromatic N) is 2. The number of benzene rings is 1. The minimum atomic E-state index is -1.91. The van der Waals surface area contributed by atoms with E-state index < -0.39 is 17.7 Å². The Morgan fingerprint density at radius 3 is 2.72 bits per heavy atom. The summed E-state index contributed by atoms with van der Waals surface area (Å²) in [5.41, 5.74) is 1.71. The van der Waals surface area contributed by atoms with E-state index in [1.54, 1.807) is 35.8 Å². The fourth-order valence-electron chi connectivity index (χ4n) is 4.86. The van der Waals surface area contributed by atoms with Gasteiger partial charge in [-0.2, -0.15) is 0 Å². The highest BCUT2D eigenvalue weighted by atomic mass is 16.7. The SMILES string of the molecule is CCc1c2c(nc3ccc(O)cc13)-c1cc3c(c(=O)n1C2)COC(=O)[C@@]3(CC)OC(=O)O. The van der Waals surface area contributed by atoms with Crippen LogP contribution < -0.4 is 5.56 Å². The second-order valence-electron chi connectivity index (χ2n) is 7.91. The fraction of sp³-hybridized carbons (Fsp3) is 0.304. The molecule has 0 spiro atoms. The van der Waals surface area contributed by atoms with Crippen LogP contribution in [0.1, 0.15) is 42.5 Å². The third-order valence-corrected chi connectivity index (χ3v) is 6.37. The van der Waals surface area contributed by atoms with E-state index in [-0.39, 0.29) is 42.0 Å². The number of carbonyl (C=O) groups excluding carboxylic acids is 1. The Bertz CT molecular complexity index is 1390. The van der Waals surface area contributed by atoms with Gasteiger partial charge in [-0.15, -0.1) is 0 Å². The second kappa shape index (κ2) is 6.81. The van der Waals surface area contributed by atoms with Crippen LogP contribution in [0.2, 0.25) is 0 Å². The number of hydrogen-bond donors (Lipinski definition) is 2. The molecule has 9 nitrogen and oxygen atoms in total. The monoisotopic (exact) mass is 436 g/mol. The van der Waals surface area contributed by atoms with Gasteiger partial charge in [0.1, 0.15) is 12.4 Å². The van der Waals surface area contributed by atoms with Gasteiger partial charge in [0, 0.05) is 16.5 Å². The maximum absolute atomic E-state index is 13.4. The lowest BCUT2D eigenvalue weighted by molar-refractivity contribution is -0.174. The zero-order chi connectivity index (χ0) is 22.8. The quantitative estimate of drug-likeness (QED) is 0.469. The Morgan fingerprint density at radius 2 is 2.03 bits per heavy atom. The van der Waals surface area contributed by atoms with Gasteiger partial charge < -0.3 is 24.3 Å². The van der Waals surface area contributed by atoms with Gasteiger partial charge in [0.2, 0.25) is 5.60 Å². The Balaban J connectivity index is 1.82. The van der Waals surface area contributed by atoms with Gasteiger partial charge >= 0.3 is 12.1 Å². The van der Waals surface area contributed by atoms with Crippen molar-refractivity contribution < 1.29 is 29.3 Å². The van der Waals surface area contributed by atoms with Gasteiger partial charge in [0.25, 0.3) is 5.56 Å². The molecule has 5 rings (SSSR count). The van der Waals surface area contributed by atoms with Crippen molar-refractivity contribution in [1.29, 1.82) is 0 Å². The average Bonchev–Trinajstić information content (AvgIpc) is 3.12. The lowest BCUT2D eigenvalue weighted by Gasteiger charge is -2.34. The number of aromatic nitrogens is 2. The Morgan fingerprint density at radius 1 is 1.25 bits per heavy atom. The Labute approximate surface area is 181 Å². The first-order chi connectivity index (χ1) is 15.3. The van der Waals surface area contributed by atoms with E-state index in [0.29, 0.717) is 23.3 Å². The molecule has 0 bridgehead atoms. The molecule has 0 saturated heterocycles. The van der Waals surface area contributed by atoms with Gasteiger partial charge in [0.15, 0.2) is 0 Å². The highest BCUT2D eigenvalue weighted by molar-refractivity contribution is 5.90. The van der Waals surface area contributed by atoms with Crippen LogP contribution in [0.3, 0.4) is 0 Å². The molecule has 2 aliphatic heterocycles. The number of phenolic OH excluding ortho intramolecular Hbond substituents is 1. The van der Waals surface area contributed by atoms with E-state index in [2.05, 4.69) is 0 Å². The van der Waals surface area contributed by atoms with Crippen LogP contribution in [0.5, 0.6) is 5.75 Å². The van der Waals surface area contributed by atoms with E-state index in [0.717, 1.165) is 16.5 Å². The summed E-state index contributed by atoms with van der Waals surface area (Å²) in [7, 11) is 0. The summed E-state index contributed by atoms with van der Waals surface area (Å²) in [5.74, 6) is -0.708. The molecule has 0 unspecified atom stereocenters. The number of pyridine rings is 2. The normalized spacial score (nSPS) is 18.6. The van der Waals surface area contributed by atoms with Gasteiger partial charge in [0.05, 0.1) is 29.0 Å². The number of phenols is 1. The maximum Gasteiger partial charge on any atom is 0.507 e. The smallest absolute Gasteiger partial charge is 0.507 e. The van der Waals surface area contributed by atoms with Crippen molar-refractivity contribution in [1.82, 2.24) is 9.55 Å². The summed E-state index contributed by atoms with van der Waals surface area (Å²) in [5, 5.41) is 20.1. The molecule has 2 N–H and O–H groups in total. The summed E-state index contributed by atoms with van der Waals surface area (Å²) in [6, 6.07) is 6.56. The van der Waals surface area contributed by atoms with Crippen LogP contribution in [0, 0.1) is 0 Å². The molecule has 1 aromatic carbocycles. The van der Waals surface area contributed by atoms with Crippen molar-refractivity contribution in [2.24, 2.45) is 0 Å². The Hall–Kier alpha value is -3.88. The third kappa shape index (κ3) is 2.57. The highest BCUT2D eigenvalue weighted by Crippen LogP contribution is 2.42. The first-order valence-corrected chi connectivity index (χ1v) is 10.3. The average molecular weight is 436 g/mol.